The number of hydrogen-bond acceptors (Lipinski definition) is 5. The van der Waals surface area contributed by atoms with Gasteiger partial charge in [0.2, 0.25) is 5.91 Å². The van der Waals surface area contributed by atoms with Gasteiger partial charge in [0.25, 0.3) is 0 Å². The molecule has 0 aliphatic heterocycles. The van der Waals surface area contributed by atoms with Crippen molar-refractivity contribution >= 4 is 13.7 Å². The van der Waals surface area contributed by atoms with Crippen molar-refractivity contribution < 1.29 is 32.9 Å². The van der Waals surface area contributed by atoms with Crippen molar-refractivity contribution in [1.29, 1.82) is 0 Å². The third-order valence-electron chi connectivity index (χ3n) is 14.9. The third-order valence-corrected chi connectivity index (χ3v) is 15.8. The van der Waals surface area contributed by atoms with Crippen LogP contribution in [0.3, 0.4) is 0 Å². The predicted octanol–water partition coefficient (Wildman–Crippen LogP) is 20.1. The highest BCUT2D eigenvalue weighted by atomic mass is 31.2. The molecule has 0 bridgehead atoms. The molecule has 9 heteroatoms. The number of nitrogens with zero attached hydrogens (tertiary/aromatic N) is 1. The Kier molecular flexibility index (Phi) is 55.5. The highest BCUT2D eigenvalue weighted by Crippen LogP contribution is 2.43. The van der Waals surface area contributed by atoms with Crippen LogP contribution in [0.25, 0.3) is 0 Å². The number of phosphoric ester groups is 1. The number of rotatable bonds is 60. The van der Waals surface area contributed by atoms with Gasteiger partial charge in [-0.15, -0.1) is 0 Å². The van der Waals surface area contributed by atoms with E-state index in [2.05, 4.69) is 43.5 Å². The lowest BCUT2D eigenvalue weighted by molar-refractivity contribution is -0.870. The highest BCUT2D eigenvalue weighted by Gasteiger charge is 2.28. The minimum atomic E-state index is -4.34. The summed E-state index contributed by atoms with van der Waals surface area (Å²) in [5.74, 6) is -0.173. The Morgan fingerprint density at radius 1 is 0.459 bits per heavy atom. The van der Waals surface area contributed by atoms with Crippen molar-refractivity contribution in [3.63, 3.8) is 0 Å². The molecule has 0 aromatic rings. The number of quaternary nitrogens is 1. The first-order chi connectivity index (χ1) is 36.0. The lowest BCUT2D eigenvalue weighted by Crippen LogP contribution is -2.45. The quantitative estimate of drug-likeness (QED) is 0.0243. The summed E-state index contributed by atoms with van der Waals surface area (Å²) in [6.07, 6.45) is 74.3. The smallest absolute Gasteiger partial charge is 0.387 e. The maximum absolute atomic E-state index is 13.0. The number of allylic oxidation sites excluding steroid dienone is 5. The molecule has 0 fully saturated rings. The van der Waals surface area contributed by atoms with E-state index in [-0.39, 0.29) is 19.1 Å². The van der Waals surface area contributed by atoms with Gasteiger partial charge in [-0.05, 0) is 51.4 Å². The number of carbonyl (C=O) groups excluding carboxylic acids is 1. The normalized spacial score (nSPS) is 14.0. The number of carbonyl (C=O) groups is 1. The Labute approximate surface area is 461 Å². The van der Waals surface area contributed by atoms with Gasteiger partial charge >= 0.3 is 7.82 Å². The topological polar surface area (TPSA) is 105 Å². The van der Waals surface area contributed by atoms with Crippen molar-refractivity contribution in [3.05, 3.63) is 36.5 Å². The summed E-state index contributed by atoms with van der Waals surface area (Å²) in [6.45, 7) is 4.85. The molecule has 74 heavy (non-hydrogen) atoms. The van der Waals surface area contributed by atoms with E-state index in [1.807, 2.05) is 27.2 Å². The molecule has 3 N–H and O–H groups in total. The second kappa shape index (κ2) is 56.4. The second-order valence-electron chi connectivity index (χ2n) is 23.5. The fraction of sp³-hybridized carbons (Fsp3) is 0.892. The molecule has 0 spiro atoms. The van der Waals surface area contributed by atoms with Gasteiger partial charge in [-0.2, -0.15) is 0 Å². The van der Waals surface area contributed by atoms with Crippen LogP contribution in [-0.4, -0.2) is 73.4 Å². The minimum Gasteiger partial charge on any atom is -0.387 e. The number of aliphatic hydroxyl groups is 1. The van der Waals surface area contributed by atoms with Crippen LogP contribution in [0, 0.1) is 0 Å². The number of nitrogens with one attached hydrogen (secondary N) is 1. The summed E-state index contributed by atoms with van der Waals surface area (Å²) in [4.78, 5) is 23.3. The maximum Gasteiger partial charge on any atom is 0.472 e. The van der Waals surface area contributed by atoms with Crippen LogP contribution in [0.4, 0.5) is 0 Å². The van der Waals surface area contributed by atoms with E-state index in [1.165, 1.54) is 257 Å². The van der Waals surface area contributed by atoms with E-state index < -0.39 is 20.0 Å². The summed E-state index contributed by atoms with van der Waals surface area (Å²) in [7, 11) is 1.58. The molecule has 0 aromatic carbocycles. The predicted molar refractivity (Wildman–Crippen MR) is 323 cm³/mol. The van der Waals surface area contributed by atoms with Gasteiger partial charge in [0.1, 0.15) is 13.2 Å². The number of amides is 1. The zero-order valence-electron chi connectivity index (χ0n) is 50.1. The van der Waals surface area contributed by atoms with Gasteiger partial charge in [0, 0.05) is 6.42 Å². The third kappa shape index (κ3) is 58.4. The maximum atomic E-state index is 13.0. The van der Waals surface area contributed by atoms with Gasteiger partial charge in [-0.3, -0.25) is 13.8 Å². The van der Waals surface area contributed by atoms with Crippen molar-refractivity contribution in [2.45, 2.75) is 334 Å². The molecule has 0 saturated heterocycles. The van der Waals surface area contributed by atoms with Crippen molar-refractivity contribution in [2.75, 3.05) is 40.9 Å². The van der Waals surface area contributed by atoms with Crippen LogP contribution < -0.4 is 5.32 Å². The van der Waals surface area contributed by atoms with Crippen LogP contribution in [-0.2, 0) is 18.4 Å². The first kappa shape index (κ1) is 72.7. The van der Waals surface area contributed by atoms with Crippen LogP contribution in [0.15, 0.2) is 36.5 Å². The lowest BCUT2D eigenvalue weighted by atomic mass is 10.0. The van der Waals surface area contributed by atoms with E-state index in [0.29, 0.717) is 17.4 Å². The first-order valence-corrected chi connectivity index (χ1v) is 33.9. The Bertz CT molecular complexity index is 1300. The Balaban J connectivity index is 3.95. The average molecular weight is 1060 g/mol. The molecule has 0 radical (unpaired) electrons. The molecular weight excluding hydrogens is 936 g/mol. The zero-order chi connectivity index (χ0) is 54.2. The van der Waals surface area contributed by atoms with Crippen LogP contribution in [0.2, 0.25) is 0 Å². The molecule has 438 valence electrons. The zero-order valence-corrected chi connectivity index (χ0v) is 51.0. The standard InChI is InChI=1S/C65H127N2O6P/c1-6-8-10-12-14-16-18-20-22-23-24-25-26-27-28-29-30-31-32-33-34-35-36-37-38-39-40-41-42-43-45-47-49-51-53-55-57-59-65(69)66-63(62-73-74(70,71)72-61-60-67(3,4)5)64(68)58-56-54-52-50-48-46-44-21-19-17-15-13-11-9-7-2/h28-29,31-32,56,58,63-64,68H,6-27,30,33-55,57,59-62H2,1-5H3,(H-,66,69,70,71)/p+1/b29-28-,32-31-,58-56+. The number of unbranched alkanes of at least 4 members (excludes halogenated alkanes) is 43. The molecular formula is C65H128N2O6P+. The van der Waals surface area contributed by atoms with Crippen LogP contribution in [0.5, 0.6) is 0 Å². The Hall–Kier alpha value is -1.28. The SMILES string of the molecule is CCCCCCCCCCCCCCC/C=C\C/C=C\CCCCCCCCCCCCCCCCCCCC(=O)NC(COP(=O)(O)OCC[N+](C)(C)C)C(O)/C=C/CCCCCCCCCCCCCCC. The summed E-state index contributed by atoms with van der Waals surface area (Å²) >= 11 is 0. The van der Waals surface area contributed by atoms with Gasteiger partial charge in [-0.1, -0.05) is 301 Å². The summed E-state index contributed by atoms with van der Waals surface area (Å²) in [5.41, 5.74) is 0. The average Bonchev–Trinajstić information content (AvgIpc) is 3.36. The van der Waals surface area contributed by atoms with Gasteiger partial charge in [0.05, 0.1) is 39.9 Å². The molecule has 0 saturated carbocycles. The minimum absolute atomic E-state index is 0.0629. The number of hydrogen-bond donors (Lipinski definition) is 3. The molecule has 1 amide bonds. The molecule has 0 aromatic heterocycles. The fourth-order valence-corrected chi connectivity index (χ4v) is 10.5. The van der Waals surface area contributed by atoms with Crippen LogP contribution in [0.1, 0.15) is 322 Å². The highest BCUT2D eigenvalue weighted by molar-refractivity contribution is 7.47. The molecule has 8 nitrogen and oxygen atoms in total. The largest absolute Gasteiger partial charge is 0.472 e. The number of likely N-dealkylation sites (N-methyl/N-ethyl adjacent to an activating group) is 1. The van der Waals surface area contributed by atoms with Gasteiger partial charge < -0.3 is 19.8 Å². The summed E-state index contributed by atoms with van der Waals surface area (Å²) in [5, 5.41) is 13.9. The van der Waals surface area contributed by atoms with Crippen molar-refractivity contribution in [2.24, 2.45) is 0 Å². The van der Waals surface area contributed by atoms with Crippen molar-refractivity contribution in [3.8, 4) is 0 Å². The number of phosphoric acid groups is 1. The second-order valence-corrected chi connectivity index (χ2v) is 24.9. The van der Waals surface area contributed by atoms with E-state index >= 15 is 0 Å². The molecule has 3 unspecified atom stereocenters. The first-order valence-electron chi connectivity index (χ1n) is 32.4. The van der Waals surface area contributed by atoms with Crippen LogP contribution >= 0.6 is 7.82 Å². The molecule has 0 rings (SSSR count). The van der Waals surface area contributed by atoms with E-state index in [4.69, 9.17) is 9.05 Å². The Morgan fingerprint density at radius 2 is 0.770 bits per heavy atom. The summed E-state index contributed by atoms with van der Waals surface area (Å²) < 4.78 is 23.7. The fourth-order valence-electron chi connectivity index (χ4n) is 9.78. The van der Waals surface area contributed by atoms with E-state index in [1.54, 1.807) is 6.08 Å². The summed E-state index contributed by atoms with van der Waals surface area (Å²) in [6, 6.07) is -0.845. The molecule has 3 atom stereocenters. The lowest BCUT2D eigenvalue weighted by Gasteiger charge is -2.25. The van der Waals surface area contributed by atoms with Gasteiger partial charge in [0.15, 0.2) is 0 Å². The Morgan fingerprint density at radius 3 is 1.11 bits per heavy atom. The van der Waals surface area contributed by atoms with E-state index in [0.717, 1.165) is 44.9 Å². The van der Waals surface area contributed by atoms with Crippen molar-refractivity contribution in [1.82, 2.24) is 5.32 Å². The molecule has 0 heterocycles. The molecule has 0 aliphatic carbocycles. The van der Waals surface area contributed by atoms with Gasteiger partial charge in [-0.25, -0.2) is 4.57 Å². The number of aliphatic hydroxyl groups excluding tert-OH is 1. The molecule has 0 aliphatic rings. The monoisotopic (exact) mass is 1060 g/mol. The van der Waals surface area contributed by atoms with E-state index in [9.17, 15) is 19.4 Å².